The summed E-state index contributed by atoms with van der Waals surface area (Å²) in [5, 5.41) is 25.1. The third-order valence-corrected chi connectivity index (χ3v) is 5.09. The van der Waals surface area contributed by atoms with Crippen molar-refractivity contribution in [2.45, 2.75) is 39.0 Å². The molecule has 1 aromatic carbocycles. The number of benzene rings is 1. The lowest BCUT2D eigenvalue weighted by Crippen LogP contribution is -2.22. The van der Waals surface area contributed by atoms with Gasteiger partial charge in [0.25, 0.3) is 5.69 Å². The van der Waals surface area contributed by atoms with Crippen molar-refractivity contribution in [1.29, 1.82) is 0 Å². The fraction of sp³-hybridized carbons (Fsp3) is 0.500. The van der Waals surface area contributed by atoms with Crippen molar-refractivity contribution in [1.82, 2.24) is 9.78 Å². The van der Waals surface area contributed by atoms with Crippen molar-refractivity contribution in [3.8, 4) is 0 Å². The summed E-state index contributed by atoms with van der Waals surface area (Å²) in [6.07, 6.45) is 0. The van der Waals surface area contributed by atoms with E-state index in [1.54, 1.807) is 10.7 Å². The highest BCUT2D eigenvalue weighted by Crippen LogP contribution is 2.24. The van der Waals surface area contributed by atoms with E-state index in [1.165, 1.54) is 12.1 Å². The SMILES string of the molecule is C[Si](C)(C)CCOCn1nc(CO)c2cc([N+](=O)[O-])ccc21. The Kier molecular flexibility index (Phi) is 4.94. The molecule has 0 saturated carbocycles. The Morgan fingerprint density at radius 1 is 1.41 bits per heavy atom. The van der Waals surface area contributed by atoms with E-state index in [0.29, 0.717) is 17.7 Å². The van der Waals surface area contributed by atoms with Gasteiger partial charge in [0.15, 0.2) is 0 Å². The Labute approximate surface area is 129 Å². The van der Waals surface area contributed by atoms with Gasteiger partial charge in [-0.25, -0.2) is 4.68 Å². The molecule has 8 heteroatoms. The average molecular weight is 323 g/mol. The summed E-state index contributed by atoms with van der Waals surface area (Å²) < 4.78 is 7.29. The van der Waals surface area contributed by atoms with Crippen LogP contribution in [0.3, 0.4) is 0 Å². The van der Waals surface area contributed by atoms with Gasteiger partial charge < -0.3 is 9.84 Å². The highest BCUT2D eigenvalue weighted by atomic mass is 28.3. The minimum Gasteiger partial charge on any atom is -0.390 e. The van der Waals surface area contributed by atoms with Crippen LogP contribution in [0.25, 0.3) is 10.9 Å². The van der Waals surface area contributed by atoms with Gasteiger partial charge in [-0.3, -0.25) is 10.1 Å². The average Bonchev–Trinajstić information content (AvgIpc) is 2.80. The highest BCUT2D eigenvalue weighted by Gasteiger charge is 2.15. The third kappa shape index (κ3) is 3.90. The molecule has 0 bridgehead atoms. The van der Waals surface area contributed by atoms with Gasteiger partial charge in [-0.15, -0.1) is 0 Å². The molecule has 2 aromatic rings. The van der Waals surface area contributed by atoms with E-state index in [-0.39, 0.29) is 19.0 Å². The minimum atomic E-state index is -1.14. The Morgan fingerprint density at radius 3 is 2.73 bits per heavy atom. The van der Waals surface area contributed by atoms with Gasteiger partial charge in [-0.05, 0) is 12.1 Å². The Morgan fingerprint density at radius 2 is 2.14 bits per heavy atom. The van der Waals surface area contributed by atoms with Crippen molar-refractivity contribution >= 4 is 24.7 Å². The molecule has 0 unspecified atom stereocenters. The van der Waals surface area contributed by atoms with Crippen molar-refractivity contribution in [2.24, 2.45) is 0 Å². The number of nitro groups is 1. The van der Waals surface area contributed by atoms with Crippen LogP contribution in [0, 0.1) is 10.1 Å². The maximum Gasteiger partial charge on any atom is 0.270 e. The van der Waals surface area contributed by atoms with Gasteiger partial charge in [0, 0.05) is 32.2 Å². The van der Waals surface area contributed by atoms with Crippen molar-refractivity contribution < 1.29 is 14.8 Å². The van der Waals surface area contributed by atoms with Crippen LogP contribution in [-0.4, -0.2) is 34.5 Å². The monoisotopic (exact) mass is 323 g/mol. The Bertz CT molecular complexity index is 679. The number of nitrogens with zero attached hydrogens (tertiary/aromatic N) is 3. The predicted octanol–water partition coefficient (Wildman–Crippen LogP) is 2.75. The normalized spacial score (nSPS) is 12.0. The lowest BCUT2D eigenvalue weighted by atomic mass is 10.2. The van der Waals surface area contributed by atoms with E-state index in [0.717, 1.165) is 11.6 Å². The quantitative estimate of drug-likeness (QED) is 0.366. The van der Waals surface area contributed by atoms with Gasteiger partial charge in [-0.2, -0.15) is 5.10 Å². The molecule has 2 rings (SSSR count). The van der Waals surface area contributed by atoms with E-state index in [4.69, 9.17) is 4.74 Å². The van der Waals surface area contributed by atoms with Gasteiger partial charge in [0.1, 0.15) is 6.73 Å². The van der Waals surface area contributed by atoms with Crippen LogP contribution < -0.4 is 0 Å². The first-order chi connectivity index (χ1) is 10.3. The number of hydrogen-bond donors (Lipinski definition) is 1. The molecule has 0 amide bonds. The summed E-state index contributed by atoms with van der Waals surface area (Å²) in [6, 6.07) is 5.57. The first-order valence-corrected chi connectivity index (χ1v) is 10.8. The topological polar surface area (TPSA) is 90.4 Å². The van der Waals surface area contributed by atoms with Crippen LogP contribution in [0.5, 0.6) is 0 Å². The zero-order valence-corrected chi connectivity index (χ0v) is 14.1. The summed E-state index contributed by atoms with van der Waals surface area (Å²) in [5.74, 6) is 0. The van der Waals surface area contributed by atoms with Crippen LogP contribution >= 0.6 is 0 Å². The molecule has 0 atom stereocenters. The molecule has 120 valence electrons. The summed E-state index contributed by atoms with van der Waals surface area (Å²) in [6.45, 7) is 7.52. The molecular formula is C14H21N3O4Si. The van der Waals surface area contributed by atoms with Crippen LogP contribution in [0.4, 0.5) is 5.69 Å². The largest absolute Gasteiger partial charge is 0.390 e. The maximum atomic E-state index is 10.9. The lowest BCUT2D eigenvalue weighted by molar-refractivity contribution is -0.384. The van der Waals surface area contributed by atoms with Crippen molar-refractivity contribution in [3.63, 3.8) is 0 Å². The molecule has 0 radical (unpaired) electrons. The molecule has 0 fully saturated rings. The second-order valence-electron chi connectivity index (χ2n) is 6.41. The standard InChI is InChI=1S/C14H21N3O4Si/c1-22(2,3)7-6-21-10-16-14-5-4-11(17(19)20)8-12(14)13(9-18)15-16/h4-5,8,18H,6-7,9-10H2,1-3H3. The molecule has 0 aliphatic heterocycles. The van der Waals surface area contributed by atoms with E-state index in [2.05, 4.69) is 24.7 Å². The number of aliphatic hydroxyl groups is 1. The summed E-state index contributed by atoms with van der Waals surface area (Å²) in [7, 11) is -1.14. The molecule has 0 saturated heterocycles. The molecule has 7 nitrogen and oxygen atoms in total. The van der Waals surface area contributed by atoms with Gasteiger partial charge in [0.05, 0.1) is 22.7 Å². The van der Waals surface area contributed by atoms with Crippen molar-refractivity contribution in [3.05, 3.63) is 34.0 Å². The fourth-order valence-electron chi connectivity index (χ4n) is 2.09. The van der Waals surface area contributed by atoms with Crippen LogP contribution in [-0.2, 0) is 18.1 Å². The fourth-order valence-corrected chi connectivity index (χ4v) is 2.85. The summed E-state index contributed by atoms with van der Waals surface area (Å²) in [4.78, 5) is 10.4. The van der Waals surface area contributed by atoms with Gasteiger partial charge in [-0.1, -0.05) is 19.6 Å². The molecule has 0 spiro atoms. The number of rotatable bonds is 7. The second-order valence-corrected chi connectivity index (χ2v) is 12.0. The number of fused-ring (bicyclic) bond motifs is 1. The highest BCUT2D eigenvalue weighted by molar-refractivity contribution is 6.76. The Balaban J connectivity index is 2.18. The smallest absolute Gasteiger partial charge is 0.270 e. The van der Waals surface area contributed by atoms with E-state index in [1.807, 2.05) is 0 Å². The van der Waals surface area contributed by atoms with E-state index < -0.39 is 13.0 Å². The zero-order chi connectivity index (χ0) is 16.3. The molecule has 0 aliphatic carbocycles. The molecular weight excluding hydrogens is 302 g/mol. The Hall–Kier alpha value is -1.77. The lowest BCUT2D eigenvalue weighted by Gasteiger charge is -2.15. The molecule has 1 N–H and O–H groups in total. The van der Waals surface area contributed by atoms with Crippen LogP contribution in [0.15, 0.2) is 18.2 Å². The zero-order valence-electron chi connectivity index (χ0n) is 13.1. The maximum absolute atomic E-state index is 10.9. The number of nitro benzene ring substituents is 1. The third-order valence-electron chi connectivity index (χ3n) is 3.38. The van der Waals surface area contributed by atoms with Crippen LogP contribution in [0.2, 0.25) is 25.7 Å². The van der Waals surface area contributed by atoms with Crippen LogP contribution in [0.1, 0.15) is 5.69 Å². The molecule has 1 aromatic heterocycles. The first-order valence-electron chi connectivity index (χ1n) is 7.14. The summed E-state index contributed by atoms with van der Waals surface area (Å²) >= 11 is 0. The summed E-state index contributed by atoms with van der Waals surface area (Å²) in [5.41, 5.74) is 1.14. The molecule has 1 heterocycles. The number of hydrogen-bond acceptors (Lipinski definition) is 5. The van der Waals surface area contributed by atoms with Crippen molar-refractivity contribution in [2.75, 3.05) is 6.61 Å². The van der Waals surface area contributed by atoms with E-state index >= 15 is 0 Å². The molecule has 0 aliphatic rings. The predicted molar refractivity (Wildman–Crippen MR) is 86.4 cm³/mol. The minimum absolute atomic E-state index is 0.0126. The second kappa shape index (κ2) is 6.55. The number of aromatic nitrogens is 2. The first kappa shape index (κ1) is 16.6. The number of aliphatic hydroxyl groups excluding tert-OH is 1. The van der Waals surface area contributed by atoms with Gasteiger partial charge >= 0.3 is 0 Å². The number of ether oxygens (including phenoxy) is 1. The van der Waals surface area contributed by atoms with Gasteiger partial charge in [0.2, 0.25) is 0 Å². The van der Waals surface area contributed by atoms with E-state index in [9.17, 15) is 15.2 Å². The molecule has 22 heavy (non-hydrogen) atoms. The number of non-ortho nitro benzene ring substituents is 1.